The molecule has 0 unspecified atom stereocenters. The highest BCUT2D eigenvalue weighted by atomic mass is 19.2. The lowest BCUT2D eigenvalue weighted by Crippen LogP contribution is -2.41. The number of carbonyl (C=O) groups is 3. The van der Waals surface area contributed by atoms with Gasteiger partial charge in [0.1, 0.15) is 12.0 Å². The first-order chi connectivity index (χ1) is 18.2. The predicted octanol–water partition coefficient (Wildman–Crippen LogP) is 4.01. The van der Waals surface area contributed by atoms with Crippen LogP contribution in [0, 0.1) is 17.5 Å². The van der Waals surface area contributed by atoms with Crippen molar-refractivity contribution < 1.29 is 27.6 Å². The minimum atomic E-state index is -1.60. The number of rotatable bonds is 5. The Hall–Kier alpha value is -4.41. The normalized spacial score (nSPS) is 15.8. The first-order valence-corrected chi connectivity index (χ1v) is 12.1. The number of halogens is 3. The number of hydrogen-bond donors (Lipinski definition) is 1. The molecule has 1 N–H and O–H groups in total. The fourth-order valence-electron chi connectivity index (χ4n) is 5.25. The van der Waals surface area contributed by atoms with Crippen molar-refractivity contribution in [1.29, 1.82) is 0 Å². The van der Waals surface area contributed by atoms with Crippen molar-refractivity contribution >= 4 is 29.0 Å². The molecule has 194 valence electrons. The van der Waals surface area contributed by atoms with Crippen LogP contribution in [0.3, 0.4) is 0 Å². The maximum absolute atomic E-state index is 14.2. The number of fused-ring (bicyclic) bond motifs is 2. The Morgan fingerprint density at radius 2 is 1.82 bits per heavy atom. The van der Waals surface area contributed by atoms with Gasteiger partial charge in [-0.05, 0) is 24.5 Å². The molecule has 1 aliphatic heterocycles. The molecule has 0 atom stereocenters. The maximum atomic E-state index is 14.2. The minimum absolute atomic E-state index is 0.0161. The van der Waals surface area contributed by atoms with Crippen LogP contribution < -0.4 is 0 Å². The monoisotopic (exact) mass is 521 g/mol. The number of benzene rings is 2. The zero-order valence-corrected chi connectivity index (χ0v) is 20.3. The number of aldehydes is 1. The molecule has 1 fully saturated rings. The Labute approximate surface area is 214 Å². The van der Waals surface area contributed by atoms with E-state index >= 15 is 0 Å². The second-order valence-electron chi connectivity index (χ2n) is 9.72. The number of amides is 2. The van der Waals surface area contributed by atoms with Crippen molar-refractivity contribution in [3.63, 3.8) is 0 Å². The zero-order chi connectivity index (χ0) is 26.8. The Morgan fingerprint density at radius 3 is 2.50 bits per heavy atom. The SMILES string of the molecule is CN(C(=O)c1cnn2c1CN(C(=O)c1cc3c(F)c(F)c(F)cc3[nH]1)CC2)C1(c2ccc(C=O)cc2)CC1. The van der Waals surface area contributed by atoms with E-state index in [1.807, 2.05) is 12.1 Å². The van der Waals surface area contributed by atoms with Gasteiger partial charge in [0.2, 0.25) is 0 Å². The van der Waals surface area contributed by atoms with Crippen molar-refractivity contribution in [3.05, 3.63) is 88.1 Å². The number of nitrogens with zero attached hydrogens (tertiary/aromatic N) is 4. The van der Waals surface area contributed by atoms with E-state index in [2.05, 4.69) is 10.1 Å². The number of aromatic amines is 1. The molecular weight excluding hydrogens is 499 g/mol. The van der Waals surface area contributed by atoms with E-state index in [0.717, 1.165) is 36.8 Å². The van der Waals surface area contributed by atoms with E-state index in [0.29, 0.717) is 23.4 Å². The molecule has 1 aliphatic carbocycles. The van der Waals surface area contributed by atoms with E-state index < -0.39 is 28.9 Å². The summed E-state index contributed by atoms with van der Waals surface area (Å²) in [7, 11) is 1.73. The lowest BCUT2D eigenvalue weighted by Gasteiger charge is -2.31. The second kappa shape index (κ2) is 8.57. The summed E-state index contributed by atoms with van der Waals surface area (Å²) in [5, 5.41) is 4.12. The molecule has 2 aromatic heterocycles. The average Bonchev–Trinajstić information content (AvgIpc) is 3.46. The number of H-pyrrole nitrogens is 1. The van der Waals surface area contributed by atoms with Crippen molar-refractivity contribution in [2.24, 2.45) is 0 Å². The smallest absolute Gasteiger partial charge is 0.270 e. The van der Waals surface area contributed by atoms with Gasteiger partial charge in [0.15, 0.2) is 17.5 Å². The fraction of sp³-hybridized carbons (Fsp3) is 0.259. The number of aromatic nitrogens is 3. The molecule has 8 nitrogen and oxygen atoms in total. The lowest BCUT2D eigenvalue weighted by atomic mass is 10.0. The fourth-order valence-corrected chi connectivity index (χ4v) is 5.25. The van der Waals surface area contributed by atoms with Crippen molar-refractivity contribution in [1.82, 2.24) is 24.6 Å². The van der Waals surface area contributed by atoms with Gasteiger partial charge in [-0.15, -0.1) is 0 Å². The van der Waals surface area contributed by atoms with Crippen LogP contribution in [0.1, 0.15) is 55.3 Å². The van der Waals surface area contributed by atoms with Gasteiger partial charge in [0, 0.05) is 30.6 Å². The van der Waals surface area contributed by atoms with E-state index in [4.69, 9.17) is 0 Å². The van der Waals surface area contributed by atoms with Crippen LogP contribution >= 0.6 is 0 Å². The lowest BCUT2D eigenvalue weighted by molar-refractivity contribution is 0.0670. The molecule has 2 aliphatic rings. The molecule has 0 spiro atoms. The van der Waals surface area contributed by atoms with Crippen molar-refractivity contribution in [2.75, 3.05) is 13.6 Å². The summed E-state index contributed by atoms with van der Waals surface area (Å²) in [5.41, 5.74) is 1.91. The summed E-state index contributed by atoms with van der Waals surface area (Å²) in [6.45, 7) is 0.703. The van der Waals surface area contributed by atoms with E-state index in [1.54, 1.807) is 28.8 Å². The zero-order valence-electron chi connectivity index (χ0n) is 20.3. The largest absolute Gasteiger partial charge is 0.350 e. The van der Waals surface area contributed by atoms with E-state index in [9.17, 15) is 27.6 Å². The van der Waals surface area contributed by atoms with Gasteiger partial charge in [0.05, 0.1) is 41.6 Å². The van der Waals surface area contributed by atoms with Gasteiger partial charge in [-0.25, -0.2) is 13.2 Å². The molecule has 3 heterocycles. The third kappa shape index (κ3) is 3.60. The van der Waals surface area contributed by atoms with Gasteiger partial charge in [-0.3, -0.25) is 19.1 Å². The highest BCUT2D eigenvalue weighted by Crippen LogP contribution is 2.51. The third-order valence-electron chi connectivity index (χ3n) is 7.63. The molecular formula is C27H22F3N5O3. The van der Waals surface area contributed by atoms with Crippen LogP contribution in [0.15, 0.2) is 42.6 Å². The number of nitrogens with one attached hydrogen (secondary N) is 1. The molecule has 0 bridgehead atoms. The molecule has 11 heteroatoms. The highest BCUT2D eigenvalue weighted by molar-refractivity contribution is 5.99. The van der Waals surface area contributed by atoms with Gasteiger partial charge in [0.25, 0.3) is 11.8 Å². The Morgan fingerprint density at radius 1 is 1.08 bits per heavy atom. The molecule has 0 radical (unpaired) electrons. The highest BCUT2D eigenvalue weighted by Gasteiger charge is 2.50. The molecule has 0 saturated heterocycles. The Balaban J connectivity index is 1.25. The van der Waals surface area contributed by atoms with Crippen LogP contribution in [-0.2, 0) is 18.6 Å². The first kappa shape index (κ1) is 24.0. The summed E-state index contributed by atoms with van der Waals surface area (Å²) in [4.78, 5) is 43.7. The van der Waals surface area contributed by atoms with Crippen LogP contribution in [0.4, 0.5) is 13.2 Å². The molecule has 2 aromatic carbocycles. The van der Waals surface area contributed by atoms with Crippen LogP contribution in [0.5, 0.6) is 0 Å². The maximum Gasteiger partial charge on any atom is 0.270 e. The summed E-state index contributed by atoms with van der Waals surface area (Å²) < 4.78 is 43.1. The van der Waals surface area contributed by atoms with Gasteiger partial charge in [-0.1, -0.05) is 24.3 Å². The van der Waals surface area contributed by atoms with E-state index in [1.165, 1.54) is 11.1 Å². The van der Waals surface area contributed by atoms with Crippen LogP contribution in [0.25, 0.3) is 10.9 Å². The molecule has 6 rings (SSSR count). The van der Waals surface area contributed by atoms with Crippen LogP contribution in [0.2, 0.25) is 0 Å². The average molecular weight is 521 g/mol. The second-order valence-corrected chi connectivity index (χ2v) is 9.72. The Bertz CT molecular complexity index is 1620. The quantitative estimate of drug-likeness (QED) is 0.317. The predicted molar refractivity (Wildman–Crippen MR) is 130 cm³/mol. The van der Waals surface area contributed by atoms with E-state index in [-0.39, 0.29) is 35.6 Å². The molecule has 2 amide bonds. The van der Waals surface area contributed by atoms with Gasteiger partial charge < -0.3 is 14.8 Å². The van der Waals surface area contributed by atoms with Crippen molar-refractivity contribution in [3.8, 4) is 0 Å². The number of hydrogen-bond acceptors (Lipinski definition) is 4. The minimum Gasteiger partial charge on any atom is -0.350 e. The molecule has 4 aromatic rings. The molecule has 1 saturated carbocycles. The summed E-state index contributed by atoms with van der Waals surface area (Å²) in [6.07, 6.45) is 3.83. The van der Waals surface area contributed by atoms with Crippen molar-refractivity contribution in [2.45, 2.75) is 31.5 Å². The molecule has 38 heavy (non-hydrogen) atoms. The summed E-state index contributed by atoms with van der Waals surface area (Å²) in [5.74, 6) is -5.04. The van der Waals surface area contributed by atoms with Gasteiger partial charge in [-0.2, -0.15) is 5.10 Å². The Kier molecular flexibility index (Phi) is 5.41. The number of carbonyl (C=O) groups excluding carboxylic acids is 3. The summed E-state index contributed by atoms with van der Waals surface area (Å²) in [6, 6.07) is 9.14. The topological polar surface area (TPSA) is 91.3 Å². The van der Waals surface area contributed by atoms with Gasteiger partial charge >= 0.3 is 0 Å². The summed E-state index contributed by atoms with van der Waals surface area (Å²) >= 11 is 0. The third-order valence-corrected chi connectivity index (χ3v) is 7.63. The first-order valence-electron chi connectivity index (χ1n) is 12.1. The van der Waals surface area contributed by atoms with Crippen LogP contribution in [-0.4, -0.2) is 56.3 Å². The standard InChI is InChI=1S/C27H22F3N5O3/c1-33(27(6-7-27)16-4-2-15(14-36)3-5-16)25(37)18-12-31-35-9-8-34(13-22(18)35)26(38)21-10-17-20(32-21)11-19(28)24(30)23(17)29/h2-5,10-12,14,32H,6-9,13H2,1H3.